The van der Waals surface area contributed by atoms with E-state index in [1.54, 1.807) is 24.0 Å². The number of anilines is 1. The SMILES string of the molecule is C=CCC(C)(CCNC(=O)CCCN(C)C(=O)c1ccccc1C1=c2cc3c(cc2C(C)(C)c2c1cc1c4c2CCCN4CCC1)=[N+](CC)C(C)(C)CC3C)c1ccc(/N=N/c2ccc(C(C)(CC)C(=O)NCc3ccc(-c4nnc(C)nn4)cc3)cc2)c(O)c1. The number of hydrogen-bond acceptors (Lipinski definition) is 11. The number of carbonyl (C=O) groups excluding carboxylic acids is 3. The number of aromatic nitrogens is 4. The molecule has 4 heterocycles. The number of carbonyl (C=O) groups is 3. The summed E-state index contributed by atoms with van der Waals surface area (Å²) in [6.07, 6.45) is 9.86. The van der Waals surface area contributed by atoms with Crippen LogP contribution < -0.4 is 30.7 Å². The number of hydrogen-bond donors (Lipinski definition) is 3. The number of amides is 3. The van der Waals surface area contributed by atoms with Crippen molar-refractivity contribution < 1.29 is 19.5 Å². The second-order valence-electron chi connectivity index (χ2n) is 27.4. The Kier molecular flexibility index (Phi) is 18.2. The predicted molar refractivity (Wildman–Crippen MR) is 362 cm³/mol. The van der Waals surface area contributed by atoms with E-state index >= 15 is 4.79 Å². The molecule has 4 aliphatic rings. The molecule has 3 unspecified atom stereocenters. The molecule has 0 spiro atoms. The number of phenols is 1. The second kappa shape index (κ2) is 25.9. The summed E-state index contributed by atoms with van der Waals surface area (Å²) in [5.74, 6) is 1.05. The highest BCUT2D eigenvalue weighted by molar-refractivity contribution is 6.02. The van der Waals surface area contributed by atoms with Crippen LogP contribution in [0.5, 0.6) is 5.75 Å². The van der Waals surface area contributed by atoms with Gasteiger partial charge in [0.05, 0.1) is 11.1 Å². The number of fused-ring (bicyclic) bond motifs is 4. The first-order valence-corrected chi connectivity index (χ1v) is 32.9. The van der Waals surface area contributed by atoms with Crippen LogP contribution >= 0.6 is 0 Å². The molecule has 472 valence electrons. The van der Waals surface area contributed by atoms with E-state index in [0.29, 0.717) is 79.8 Å². The number of benzene rings is 6. The highest BCUT2D eigenvalue weighted by atomic mass is 16.3. The molecule has 11 rings (SSSR count). The fourth-order valence-corrected chi connectivity index (χ4v) is 15.1. The minimum atomic E-state index is -0.797. The maximum absolute atomic E-state index is 15.0. The van der Waals surface area contributed by atoms with Crippen molar-refractivity contribution in [2.45, 2.75) is 168 Å². The Morgan fingerprint density at radius 3 is 2.27 bits per heavy atom. The van der Waals surface area contributed by atoms with E-state index in [0.717, 1.165) is 85.1 Å². The number of phenolic OH excluding ortho intramolecular Hbond substituents is 1. The zero-order valence-electron chi connectivity index (χ0n) is 55.3. The van der Waals surface area contributed by atoms with Gasteiger partial charge in [-0.15, -0.1) is 32.1 Å². The lowest BCUT2D eigenvalue weighted by molar-refractivity contribution is -0.126. The average Bonchev–Trinajstić information content (AvgIpc) is 0.698. The van der Waals surface area contributed by atoms with Crippen molar-refractivity contribution in [2.75, 3.05) is 44.7 Å². The topological polar surface area (TPSA) is 181 Å². The summed E-state index contributed by atoms with van der Waals surface area (Å²) in [6, 6.07) is 36.2. The number of azo groups is 1. The van der Waals surface area contributed by atoms with E-state index in [2.05, 4.69) is 136 Å². The average molecular weight is 1220 g/mol. The maximum atomic E-state index is 15.0. The molecule has 3 amide bonds. The van der Waals surface area contributed by atoms with E-state index in [4.69, 9.17) is 0 Å². The van der Waals surface area contributed by atoms with Gasteiger partial charge in [-0.3, -0.25) is 14.4 Å². The van der Waals surface area contributed by atoms with Crippen LogP contribution in [0.4, 0.5) is 17.1 Å². The Labute approximate surface area is 537 Å². The molecule has 3 atom stereocenters. The molecule has 15 heteroatoms. The zero-order valence-corrected chi connectivity index (χ0v) is 55.3. The highest BCUT2D eigenvalue weighted by Gasteiger charge is 2.44. The molecule has 1 aromatic heterocycles. The molecule has 3 N–H and O–H groups in total. The van der Waals surface area contributed by atoms with Gasteiger partial charge in [-0.25, -0.2) is 4.58 Å². The summed E-state index contributed by atoms with van der Waals surface area (Å²) in [5, 5.41) is 45.2. The van der Waals surface area contributed by atoms with Gasteiger partial charge in [-0.1, -0.05) is 101 Å². The molecule has 15 nitrogen and oxygen atoms in total. The van der Waals surface area contributed by atoms with Crippen LogP contribution in [-0.4, -0.2) is 93.4 Å². The lowest BCUT2D eigenvalue weighted by Gasteiger charge is -2.44. The summed E-state index contributed by atoms with van der Waals surface area (Å²) < 4.78 is 2.61. The standard InChI is InChI=1S/C76H89N11O4/c1-13-36-75(10,54-32-35-63(65(88)43-54)82-81-55-33-30-53(31-34-55)76(11,14-2)72(91)78-47-50-26-28-51(29-27-50)70-83-79-49(5)80-84-70)37-38-77-66(89)25-20-39-85(12)71(90)57-23-17-16-22-56(57)67-60-44-59-48(4)46-73(6,7)87(15-3)64(59)45-62(60)74(8,9)68-58-24-19-41-86-40-18-21-52(69(58)86)42-61(67)68/h13,16-17,22-23,26-35,42-45,48H,1,14-15,18-21,24-25,36-41,46-47H2,2-12H3,(H2-,77,78,81,88,89,91)/p+1. The number of aromatic hydroxyl groups is 1. The van der Waals surface area contributed by atoms with Crippen LogP contribution in [-0.2, 0) is 45.2 Å². The molecule has 0 saturated carbocycles. The van der Waals surface area contributed by atoms with Crippen molar-refractivity contribution in [1.82, 2.24) is 40.5 Å². The fraction of sp³-hybridized carbons (Fsp3) is 0.421. The first-order valence-electron chi connectivity index (χ1n) is 32.9. The largest absolute Gasteiger partial charge is 0.506 e. The van der Waals surface area contributed by atoms with Crippen molar-refractivity contribution in [3.05, 3.63) is 199 Å². The van der Waals surface area contributed by atoms with Crippen molar-refractivity contribution in [3.8, 4) is 17.1 Å². The molecular weight excluding hydrogens is 1130 g/mol. The van der Waals surface area contributed by atoms with Crippen LogP contribution in [0.25, 0.3) is 17.0 Å². The Morgan fingerprint density at radius 2 is 1.57 bits per heavy atom. The van der Waals surface area contributed by atoms with Crippen LogP contribution in [0.3, 0.4) is 0 Å². The van der Waals surface area contributed by atoms with Crippen molar-refractivity contribution in [1.29, 1.82) is 0 Å². The van der Waals surface area contributed by atoms with Gasteiger partial charge in [-0.05, 0) is 201 Å². The van der Waals surface area contributed by atoms with Gasteiger partial charge in [0.1, 0.15) is 18.0 Å². The summed E-state index contributed by atoms with van der Waals surface area (Å²) in [6.45, 7) is 30.4. The van der Waals surface area contributed by atoms with Crippen molar-refractivity contribution in [3.63, 3.8) is 0 Å². The predicted octanol–water partition coefficient (Wildman–Crippen LogP) is 12.6. The first kappa shape index (κ1) is 63.8. The second-order valence-corrected chi connectivity index (χ2v) is 27.4. The molecule has 1 aliphatic carbocycles. The third-order valence-corrected chi connectivity index (χ3v) is 20.4. The zero-order chi connectivity index (χ0) is 64.6. The lowest BCUT2D eigenvalue weighted by Crippen LogP contribution is -2.53. The smallest absolute Gasteiger partial charge is 0.254 e. The quantitative estimate of drug-likeness (QED) is 0.0358. The number of nitrogens with one attached hydrogen (secondary N) is 2. The van der Waals surface area contributed by atoms with Gasteiger partial charge < -0.3 is 25.5 Å². The van der Waals surface area contributed by atoms with Gasteiger partial charge in [0.2, 0.25) is 23.0 Å². The minimum absolute atomic E-state index is 0.0165. The Bertz CT molecular complexity index is 4120. The van der Waals surface area contributed by atoms with Gasteiger partial charge in [0.15, 0.2) is 11.4 Å². The Hall–Kier alpha value is -8.72. The normalized spacial score (nSPS) is 17.4. The Balaban J connectivity index is 0.730. The van der Waals surface area contributed by atoms with Crippen molar-refractivity contribution in [2.24, 2.45) is 10.2 Å². The van der Waals surface area contributed by atoms with E-state index < -0.39 is 10.8 Å². The van der Waals surface area contributed by atoms with E-state index in [1.807, 2.05) is 93.7 Å². The number of aryl methyl sites for hydroxylation is 2. The van der Waals surface area contributed by atoms with Crippen LogP contribution in [0.15, 0.2) is 132 Å². The van der Waals surface area contributed by atoms with Gasteiger partial charge in [0, 0.05) is 86.5 Å². The minimum Gasteiger partial charge on any atom is -0.506 e. The lowest BCUT2D eigenvalue weighted by atomic mass is 9.64. The number of rotatable bonds is 21. The van der Waals surface area contributed by atoms with E-state index in [9.17, 15) is 14.7 Å². The molecule has 0 radical (unpaired) electrons. The highest BCUT2D eigenvalue weighted by Crippen LogP contribution is 2.50. The van der Waals surface area contributed by atoms with E-state index in [1.165, 1.54) is 49.6 Å². The molecule has 91 heavy (non-hydrogen) atoms. The number of allylic oxidation sites excluding steroid dienone is 1. The number of nitrogens with zero attached hydrogens (tertiary/aromatic N) is 9. The molecule has 6 aromatic carbocycles. The molecular formula is C76H90N11O4+. The third kappa shape index (κ3) is 12.5. The summed E-state index contributed by atoms with van der Waals surface area (Å²) in [4.78, 5) is 46.7. The molecule has 7 aromatic rings. The molecule has 0 bridgehead atoms. The maximum Gasteiger partial charge on any atom is 0.254 e. The third-order valence-electron chi connectivity index (χ3n) is 20.4. The summed E-state index contributed by atoms with van der Waals surface area (Å²) >= 11 is 0. The summed E-state index contributed by atoms with van der Waals surface area (Å²) in [7, 11) is 1.86. The van der Waals surface area contributed by atoms with Gasteiger partial charge >= 0.3 is 0 Å². The Morgan fingerprint density at radius 1 is 0.857 bits per heavy atom. The van der Waals surface area contributed by atoms with Crippen LogP contribution in [0, 0.1) is 6.92 Å². The van der Waals surface area contributed by atoms with Gasteiger partial charge in [0.25, 0.3) is 5.91 Å². The van der Waals surface area contributed by atoms with Crippen LogP contribution in [0.1, 0.15) is 191 Å². The molecule has 0 saturated heterocycles. The fourth-order valence-electron chi connectivity index (χ4n) is 15.1. The van der Waals surface area contributed by atoms with E-state index in [-0.39, 0.29) is 40.8 Å². The van der Waals surface area contributed by atoms with Crippen LogP contribution in [0.2, 0.25) is 0 Å². The molecule has 3 aliphatic heterocycles. The summed E-state index contributed by atoms with van der Waals surface area (Å²) in [5.41, 5.74) is 15.4. The van der Waals surface area contributed by atoms with Crippen molar-refractivity contribution >= 4 is 40.4 Å². The monoisotopic (exact) mass is 1220 g/mol. The van der Waals surface area contributed by atoms with Gasteiger partial charge in [-0.2, -0.15) is 5.11 Å². The first-order chi connectivity index (χ1) is 43.6. The molecule has 0 fully saturated rings.